The molecular formula is C12H20N2O5. The lowest BCUT2D eigenvalue weighted by atomic mass is 10.0. The van der Waals surface area contributed by atoms with E-state index < -0.39 is 31.1 Å². The summed E-state index contributed by atoms with van der Waals surface area (Å²) in [6, 6.07) is -0.564. The molecule has 0 aromatic rings. The number of carboxylic acids is 1. The molecular weight excluding hydrogens is 252 g/mol. The first-order valence-corrected chi connectivity index (χ1v) is 6.35. The van der Waals surface area contributed by atoms with Crippen molar-refractivity contribution in [3.05, 3.63) is 0 Å². The Balaban J connectivity index is 2.13. The fourth-order valence-electron chi connectivity index (χ4n) is 1.93. The van der Waals surface area contributed by atoms with Gasteiger partial charge in [0, 0.05) is 6.54 Å². The highest BCUT2D eigenvalue weighted by molar-refractivity contribution is 5.94. The first kappa shape index (κ1) is 15.4. The second kappa shape index (κ2) is 7.08. The highest BCUT2D eigenvalue weighted by Crippen LogP contribution is 2.48. The average molecular weight is 272 g/mol. The number of ether oxygens (including phenoxy) is 1. The lowest BCUT2D eigenvalue weighted by molar-refractivity contribution is -0.143. The van der Waals surface area contributed by atoms with E-state index in [0.29, 0.717) is 6.54 Å². The molecule has 0 aliphatic heterocycles. The molecule has 1 aliphatic carbocycles. The van der Waals surface area contributed by atoms with E-state index in [1.807, 2.05) is 0 Å². The van der Waals surface area contributed by atoms with Crippen LogP contribution in [0.1, 0.15) is 32.6 Å². The average Bonchev–Trinajstić information content (AvgIpc) is 3.07. The predicted molar refractivity (Wildman–Crippen MR) is 66.6 cm³/mol. The van der Waals surface area contributed by atoms with Gasteiger partial charge in [-0.3, -0.25) is 10.1 Å². The lowest BCUT2D eigenvalue weighted by Crippen LogP contribution is -2.43. The molecule has 0 aromatic heterocycles. The Morgan fingerprint density at radius 3 is 2.47 bits per heavy atom. The van der Waals surface area contributed by atoms with Crippen molar-refractivity contribution in [3.63, 3.8) is 0 Å². The number of carboxylic acid groups (broad SMARTS) is 1. The van der Waals surface area contributed by atoms with Crippen molar-refractivity contribution in [3.8, 4) is 0 Å². The number of urea groups is 1. The fraction of sp³-hybridized carbons (Fsp3) is 0.750. The van der Waals surface area contributed by atoms with Crippen molar-refractivity contribution in [1.82, 2.24) is 10.6 Å². The van der Waals surface area contributed by atoms with Gasteiger partial charge in [-0.25, -0.2) is 9.59 Å². The molecule has 3 N–H and O–H groups in total. The van der Waals surface area contributed by atoms with Crippen molar-refractivity contribution in [2.24, 2.45) is 5.41 Å². The van der Waals surface area contributed by atoms with Crippen LogP contribution in [0.15, 0.2) is 0 Å². The molecule has 3 amide bonds. The van der Waals surface area contributed by atoms with Gasteiger partial charge in [0.2, 0.25) is 0 Å². The molecule has 1 fully saturated rings. The molecule has 0 aromatic carbocycles. The van der Waals surface area contributed by atoms with Gasteiger partial charge in [-0.1, -0.05) is 13.3 Å². The third kappa shape index (κ3) is 6.19. The molecule has 1 rings (SSSR count). The standard InChI is InChI=1S/C12H20N2O5/c1-2-3-12(4-5-12)8-13-11(18)14-9(15)6-19-7-10(16)17/h2-8H2,1H3,(H,16,17)(H2,13,14,15,18). The van der Waals surface area contributed by atoms with Crippen LogP contribution in [-0.2, 0) is 14.3 Å². The monoisotopic (exact) mass is 272 g/mol. The summed E-state index contributed by atoms with van der Waals surface area (Å²) in [6.45, 7) is 1.66. The van der Waals surface area contributed by atoms with Crippen LogP contribution >= 0.6 is 0 Å². The van der Waals surface area contributed by atoms with Crippen molar-refractivity contribution < 1.29 is 24.2 Å². The second-order valence-corrected chi connectivity index (χ2v) is 4.87. The van der Waals surface area contributed by atoms with Crippen LogP contribution in [0.25, 0.3) is 0 Å². The molecule has 0 radical (unpaired) electrons. The van der Waals surface area contributed by atoms with Gasteiger partial charge in [0.05, 0.1) is 0 Å². The van der Waals surface area contributed by atoms with E-state index >= 15 is 0 Å². The van der Waals surface area contributed by atoms with Gasteiger partial charge in [-0.05, 0) is 24.7 Å². The maximum atomic E-state index is 11.4. The summed E-state index contributed by atoms with van der Waals surface area (Å²) >= 11 is 0. The summed E-state index contributed by atoms with van der Waals surface area (Å²) in [6.07, 6.45) is 4.36. The first-order valence-electron chi connectivity index (χ1n) is 6.35. The van der Waals surface area contributed by atoms with Gasteiger partial charge >= 0.3 is 12.0 Å². The first-order chi connectivity index (χ1) is 8.97. The number of hydrogen-bond donors (Lipinski definition) is 3. The number of hydrogen-bond acceptors (Lipinski definition) is 4. The third-order valence-electron chi connectivity index (χ3n) is 3.07. The maximum absolute atomic E-state index is 11.4. The number of carbonyl (C=O) groups is 3. The van der Waals surface area contributed by atoms with Crippen LogP contribution in [0.3, 0.4) is 0 Å². The summed E-state index contributed by atoms with van der Waals surface area (Å²) in [5.41, 5.74) is 0.217. The zero-order valence-corrected chi connectivity index (χ0v) is 11.0. The van der Waals surface area contributed by atoms with E-state index in [9.17, 15) is 14.4 Å². The van der Waals surface area contributed by atoms with Crippen LogP contribution in [0.5, 0.6) is 0 Å². The van der Waals surface area contributed by atoms with Gasteiger partial charge in [0.15, 0.2) is 0 Å². The van der Waals surface area contributed by atoms with E-state index in [-0.39, 0.29) is 5.41 Å². The molecule has 108 valence electrons. The molecule has 0 bridgehead atoms. The van der Waals surface area contributed by atoms with Crippen LogP contribution in [0.2, 0.25) is 0 Å². The SMILES string of the molecule is CCCC1(CNC(=O)NC(=O)COCC(=O)O)CC1. The fourth-order valence-corrected chi connectivity index (χ4v) is 1.93. The van der Waals surface area contributed by atoms with Crippen LogP contribution in [0, 0.1) is 5.41 Å². The smallest absolute Gasteiger partial charge is 0.329 e. The van der Waals surface area contributed by atoms with E-state index in [1.165, 1.54) is 0 Å². The van der Waals surface area contributed by atoms with Gasteiger partial charge < -0.3 is 15.2 Å². The van der Waals surface area contributed by atoms with E-state index in [1.54, 1.807) is 0 Å². The zero-order valence-electron chi connectivity index (χ0n) is 11.0. The summed E-state index contributed by atoms with van der Waals surface area (Å²) in [5.74, 6) is -1.81. The van der Waals surface area contributed by atoms with Crippen molar-refractivity contribution >= 4 is 17.9 Å². The molecule has 1 saturated carbocycles. The van der Waals surface area contributed by atoms with Gasteiger partial charge in [-0.15, -0.1) is 0 Å². The number of aliphatic carboxylic acids is 1. The zero-order chi connectivity index (χ0) is 14.3. The lowest BCUT2D eigenvalue weighted by Gasteiger charge is -2.14. The van der Waals surface area contributed by atoms with Gasteiger partial charge in [-0.2, -0.15) is 0 Å². The van der Waals surface area contributed by atoms with Crippen LogP contribution in [-0.4, -0.2) is 42.8 Å². The maximum Gasteiger partial charge on any atom is 0.329 e. The Hall–Kier alpha value is -1.63. The van der Waals surface area contributed by atoms with Crippen molar-refractivity contribution in [2.45, 2.75) is 32.6 Å². The Morgan fingerprint density at radius 2 is 1.95 bits per heavy atom. The molecule has 0 heterocycles. The molecule has 19 heavy (non-hydrogen) atoms. The topological polar surface area (TPSA) is 105 Å². The molecule has 0 spiro atoms. The second-order valence-electron chi connectivity index (χ2n) is 4.87. The quantitative estimate of drug-likeness (QED) is 0.596. The number of rotatable bonds is 8. The summed E-state index contributed by atoms with van der Waals surface area (Å²) in [7, 11) is 0. The van der Waals surface area contributed by atoms with E-state index in [4.69, 9.17) is 5.11 Å². The Morgan fingerprint density at radius 1 is 1.26 bits per heavy atom. The Kier molecular flexibility index (Phi) is 5.75. The summed E-state index contributed by atoms with van der Waals surface area (Å²) < 4.78 is 4.56. The molecule has 0 saturated heterocycles. The summed E-state index contributed by atoms with van der Waals surface area (Å²) in [5, 5.41) is 13.1. The van der Waals surface area contributed by atoms with Crippen LogP contribution < -0.4 is 10.6 Å². The molecule has 0 unspecified atom stereocenters. The third-order valence-corrected chi connectivity index (χ3v) is 3.07. The largest absolute Gasteiger partial charge is 0.480 e. The highest BCUT2D eigenvalue weighted by Gasteiger charge is 2.41. The van der Waals surface area contributed by atoms with Gasteiger partial charge in [0.25, 0.3) is 5.91 Å². The van der Waals surface area contributed by atoms with Crippen LogP contribution in [0.4, 0.5) is 4.79 Å². The number of imide groups is 1. The molecule has 7 nitrogen and oxygen atoms in total. The number of amides is 3. The number of nitrogens with one attached hydrogen (secondary N) is 2. The minimum atomic E-state index is -1.16. The normalized spacial score (nSPS) is 15.6. The Bertz CT molecular complexity index is 352. The van der Waals surface area contributed by atoms with Crippen molar-refractivity contribution in [1.29, 1.82) is 0 Å². The van der Waals surface area contributed by atoms with Gasteiger partial charge in [0.1, 0.15) is 13.2 Å². The molecule has 0 atom stereocenters. The Labute approximate surface area is 111 Å². The molecule has 1 aliphatic rings. The minimum Gasteiger partial charge on any atom is -0.480 e. The minimum absolute atomic E-state index is 0.217. The molecule has 7 heteroatoms. The van der Waals surface area contributed by atoms with E-state index in [0.717, 1.165) is 25.7 Å². The predicted octanol–water partition coefficient (Wildman–Crippen LogP) is 0.494. The number of carbonyl (C=O) groups excluding carboxylic acids is 2. The summed E-state index contributed by atoms with van der Waals surface area (Å²) in [4.78, 5) is 32.8. The van der Waals surface area contributed by atoms with Crippen molar-refractivity contribution in [2.75, 3.05) is 19.8 Å². The highest BCUT2D eigenvalue weighted by atomic mass is 16.5. The van der Waals surface area contributed by atoms with E-state index in [2.05, 4.69) is 22.3 Å².